The summed E-state index contributed by atoms with van der Waals surface area (Å²) in [6, 6.07) is 11.7. The van der Waals surface area contributed by atoms with Crippen molar-refractivity contribution >= 4 is 17.5 Å². The normalized spacial score (nSPS) is 17.0. The van der Waals surface area contributed by atoms with Crippen molar-refractivity contribution in [1.82, 2.24) is 10.2 Å². The molecule has 2 aliphatic carbocycles. The summed E-state index contributed by atoms with van der Waals surface area (Å²) in [6.07, 6.45) is 8.41. The molecule has 2 amide bonds. The highest BCUT2D eigenvalue weighted by Gasteiger charge is 2.26. The molecule has 0 bridgehead atoms. The second-order valence-corrected chi connectivity index (χ2v) is 7.80. The van der Waals surface area contributed by atoms with Gasteiger partial charge in [-0.2, -0.15) is 0 Å². The molecule has 148 valence electrons. The van der Waals surface area contributed by atoms with Crippen LogP contribution < -0.4 is 10.6 Å². The van der Waals surface area contributed by atoms with E-state index in [2.05, 4.69) is 15.5 Å². The number of amides is 2. The summed E-state index contributed by atoms with van der Waals surface area (Å²) >= 11 is 0. The number of carbonyl (C=O) groups is 2. The largest absolute Gasteiger partial charge is 0.468 e. The van der Waals surface area contributed by atoms with Crippen LogP contribution in [0.2, 0.25) is 0 Å². The molecule has 28 heavy (non-hydrogen) atoms. The van der Waals surface area contributed by atoms with Gasteiger partial charge in [-0.3, -0.25) is 14.5 Å². The monoisotopic (exact) mass is 381 g/mol. The Hall–Kier alpha value is -2.60. The van der Waals surface area contributed by atoms with Crippen LogP contribution in [0, 0.1) is 0 Å². The number of hydrogen-bond donors (Lipinski definition) is 2. The average molecular weight is 381 g/mol. The van der Waals surface area contributed by atoms with Crippen molar-refractivity contribution in [2.45, 2.75) is 57.2 Å². The van der Waals surface area contributed by atoms with E-state index >= 15 is 0 Å². The maximum Gasteiger partial charge on any atom is 0.251 e. The van der Waals surface area contributed by atoms with Gasteiger partial charge in [0, 0.05) is 23.3 Å². The number of hydrogen-bond acceptors (Lipinski definition) is 4. The van der Waals surface area contributed by atoms with Crippen LogP contribution in [0.4, 0.5) is 5.69 Å². The predicted octanol–water partition coefficient (Wildman–Crippen LogP) is 3.56. The molecule has 6 nitrogen and oxygen atoms in total. The Morgan fingerprint density at radius 3 is 2.61 bits per heavy atom. The van der Waals surface area contributed by atoms with E-state index in [1.165, 1.54) is 12.8 Å². The molecular weight excluding hydrogens is 354 g/mol. The third kappa shape index (κ3) is 5.01. The summed E-state index contributed by atoms with van der Waals surface area (Å²) in [5.41, 5.74) is 1.23. The summed E-state index contributed by atoms with van der Waals surface area (Å²) in [5.74, 6) is 0.723. The van der Waals surface area contributed by atoms with Crippen molar-refractivity contribution in [3.63, 3.8) is 0 Å². The van der Waals surface area contributed by atoms with Gasteiger partial charge >= 0.3 is 0 Å². The zero-order valence-corrected chi connectivity index (χ0v) is 16.0. The average Bonchev–Trinajstić information content (AvgIpc) is 3.13. The molecule has 0 spiro atoms. The first-order chi connectivity index (χ1) is 13.7. The molecule has 2 saturated carbocycles. The zero-order chi connectivity index (χ0) is 19.3. The van der Waals surface area contributed by atoms with Crippen molar-refractivity contribution in [2.75, 3.05) is 11.9 Å². The van der Waals surface area contributed by atoms with E-state index in [1.807, 2.05) is 18.2 Å². The van der Waals surface area contributed by atoms with Gasteiger partial charge < -0.3 is 15.1 Å². The van der Waals surface area contributed by atoms with Gasteiger partial charge in [-0.1, -0.05) is 18.9 Å². The number of carbonyl (C=O) groups excluding carboxylic acids is 2. The minimum atomic E-state index is -0.0796. The molecule has 2 fully saturated rings. The van der Waals surface area contributed by atoms with Crippen LogP contribution in [0.25, 0.3) is 0 Å². The molecule has 4 rings (SSSR count). The van der Waals surface area contributed by atoms with Crippen molar-refractivity contribution in [1.29, 1.82) is 0 Å². The fraction of sp³-hybridized carbons (Fsp3) is 0.455. The van der Waals surface area contributed by atoms with E-state index < -0.39 is 0 Å². The standard InChI is InChI=1S/C22H27N3O3/c26-21(15-25(19-7-1-2-8-19)14-20-9-4-12-28-20)23-18-6-3-5-16(13-18)22(27)24-17-10-11-17/h3-6,9,12-13,17,19H,1-2,7-8,10-11,14-15H2,(H,23,26)(H,24,27). The molecule has 2 N–H and O–H groups in total. The first-order valence-electron chi connectivity index (χ1n) is 10.1. The molecule has 1 aromatic heterocycles. The van der Waals surface area contributed by atoms with Crippen LogP contribution in [0.15, 0.2) is 47.1 Å². The summed E-state index contributed by atoms with van der Waals surface area (Å²) in [6.45, 7) is 0.943. The summed E-state index contributed by atoms with van der Waals surface area (Å²) < 4.78 is 5.48. The number of furan rings is 1. The molecule has 6 heteroatoms. The van der Waals surface area contributed by atoms with E-state index in [-0.39, 0.29) is 11.8 Å². The lowest BCUT2D eigenvalue weighted by Crippen LogP contribution is -2.39. The minimum Gasteiger partial charge on any atom is -0.468 e. The van der Waals surface area contributed by atoms with Crippen molar-refractivity contribution in [3.05, 3.63) is 54.0 Å². The van der Waals surface area contributed by atoms with E-state index in [4.69, 9.17) is 4.42 Å². The minimum absolute atomic E-state index is 0.0711. The Kier molecular flexibility index (Phi) is 5.76. The number of nitrogens with one attached hydrogen (secondary N) is 2. The Morgan fingerprint density at radius 2 is 1.89 bits per heavy atom. The van der Waals surface area contributed by atoms with Gasteiger partial charge in [0.05, 0.1) is 19.4 Å². The first-order valence-corrected chi connectivity index (χ1v) is 10.1. The fourth-order valence-corrected chi connectivity index (χ4v) is 3.81. The van der Waals surface area contributed by atoms with Crippen LogP contribution in [-0.4, -0.2) is 35.3 Å². The van der Waals surface area contributed by atoms with Crippen molar-refractivity contribution in [3.8, 4) is 0 Å². The Bertz CT molecular complexity index is 808. The third-order valence-electron chi connectivity index (χ3n) is 5.45. The summed E-state index contributed by atoms with van der Waals surface area (Å²) in [7, 11) is 0. The third-order valence-corrected chi connectivity index (χ3v) is 5.45. The molecule has 1 heterocycles. The number of nitrogens with zero attached hydrogens (tertiary/aromatic N) is 1. The Balaban J connectivity index is 1.38. The van der Waals surface area contributed by atoms with E-state index in [1.54, 1.807) is 24.5 Å². The molecule has 0 radical (unpaired) electrons. The highest BCUT2D eigenvalue weighted by Crippen LogP contribution is 2.25. The lowest BCUT2D eigenvalue weighted by Gasteiger charge is -2.27. The predicted molar refractivity (Wildman–Crippen MR) is 107 cm³/mol. The Labute approximate surface area is 165 Å². The lowest BCUT2D eigenvalue weighted by atomic mass is 10.1. The molecule has 1 aromatic carbocycles. The van der Waals surface area contributed by atoms with Crippen molar-refractivity contribution in [2.24, 2.45) is 0 Å². The quantitative estimate of drug-likeness (QED) is 0.733. The first kappa shape index (κ1) is 18.7. The molecule has 2 aliphatic rings. The van der Waals surface area contributed by atoms with Crippen LogP contribution in [0.5, 0.6) is 0 Å². The second-order valence-electron chi connectivity index (χ2n) is 7.80. The SMILES string of the molecule is O=C(CN(Cc1ccco1)C1CCCC1)Nc1cccc(C(=O)NC2CC2)c1. The van der Waals surface area contributed by atoms with Crippen LogP contribution in [-0.2, 0) is 11.3 Å². The lowest BCUT2D eigenvalue weighted by molar-refractivity contribution is -0.118. The second kappa shape index (κ2) is 8.61. The highest BCUT2D eigenvalue weighted by molar-refractivity contribution is 5.97. The van der Waals surface area contributed by atoms with Gasteiger partial charge in [0.15, 0.2) is 0 Å². The number of anilines is 1. The smallest absolute Gasteiger partial charge is 0.251 e. The topological polar surface area (TPSA) is 74.6 Å². The molecule has 0 saturated heterocycles. The van der Waals surface area contributed by atoms with Crippen LogP contribution >= 0.6 is 0 Å². The number of rotatable bonds is 8. The maximum atomic E-state index is 12.7. The van der Waals surface area contributed by atoms with Gasteiger partial charge in [-0.25, -0.2) is 0 Å². The van der Waals surface area contributed by atoms with Gasteiger partial charge in [-0.05, 0) is 56.0 Å². The molecule has 2 aromatic rings. The van der Waals surface area contributed by atoms with Gasteiger partial charge in [0.25, 0.3) is 5.91 Å². The Morgan fingerprint density at radius 1 is 1.07 bits per heavy atom. The number of benzene rings is 1. The zero-order valence-electron chi connectivity index (χ0n) is 16.0. The van der Waals surface area contributed by atoms with E-state index in [0.29, 0.717) is 36.4 Å². The summed E-state index contributed by atoms with van der Waals surface area (Å²) in [4.78, 5) is 27.1. The fourth-order valence-electron chi connectivity index (χ4n) is 3.81. The molecule has 0 unspecified atom stereocenters. The van der Waals surface area contributed by atoms with E-state index in [0.717, 1.165) is 31.4 Å². The van der Waals surface area contributed by atoms with E-state index in [9.17, 15) is 9.59 Å². The van der Waals surface area contributed by atoms with Gasteiger partial charge in [0.2, 0.25) is 5.91 Å². The van der Waals surface area contributed by atoms with Crippen LogP contribution in [0.3, 0.4) is 0 Å². The highest BCUT2D eigenvalue weighted by atomic mass is 16.3. The molecular formula is C22H27N3O3. The van der Waals surface area contributed by atoms with Crippen LogP contribution in [0.1, 0.15) is 54.6 Å². The molecule has 0 atom stereocenters. The summed E-state index contributed by atoms with van der Waals surface area (Å²) in [5, 5.41) is 5.92. The molecule has 0 aliphatic heterocycles. The van der Waals surface area contributed by atoms with Crippen molar-refractivity contribution < 1.29 is 14.0 Å². The van der Waals surface area contributed by atoms with Gasteiger partial charge in [-0.15, -0.1) is 0 Å². The van der Waals surface area contributed by atoms with Gasteiger partial charge in [0.1, 0.15) is 5.76 Å². The maximum absolute atomic E-state index is 12.7.